The smallest absolute Gasteiger partial charge is 0.254 e. The number of alkyl halides is 2. The Morgan fingerprint density at radius 1 is 1.03 bits per heavy atom. The maximum atomic E-state index is 13.7. The van der Waals surface area contributed by atoms with Crippen molar-refractivity contribution >= 4 is 11.4 Å². The van der Waals surface area contributed by atoms with Gasteiger partial charge in [0.15, 0.2) is 0 Å². The summed E-state index contributed by atoms with van der Waals surface area (Å²) in [7, 11) is 0. The van der Waals surface area contributed by atoms with Crippen LogP contribution in [0.4, 0.5) is 8.78 Å². The Labute approximate surface area is 171 Å². The molecule has 0 amide bonds. The van der Waals surface area contributed by atoms with Crippen LogP contribution >= 0.6 is 0 Å². The number of rotatable bonds is 2. The van der Waals surface area contributed by atoms with Gasteiger partial charge in [0.25, 0.3) is 5.92 Å². The standard InChI is InChI=1S/C24H30F2N2O/c1-11-12(2)27-23(17-6-14-5-3-4-13(17)9-21(14)29)22-16(11)10-20(28-22)15-7-18-19(8-15)24(18,25)26/h10,13-15,17-19,21-22,29H,3-9H2,1-2H3. The van der Waals surface area contributed by atoms with Gasteiger partial charge in [-0.25, -0.2) is 8.78 Å². The van der Waals surface area contributed by atoms with Crippen LogP contribution in [0, 0.1) is 35.5 Å². The van der Waals surface area contributed by atoms with Gasteiger partial charge in [-0.15, -0.1) is 0 Å². The second-order valence-corrected chi connectivity index (χ2v) is 10.5. The lowest BCUT2D eigenvalue weighted by molar-refractivity contribution is 0.0427. The molecule has 3 nitrogen and oxygen atoms in total. The van der Waals surface area contributed by atoms with Crippen LogP contribution in [0.1, 0.15) is 58.8 Å². The monoisotopic (exact) mass is 400 g/mol. The predicted molar refractivity (Wildman–Crippen MR) is 109 cm³/mol. The Bertz CT molecular complexity index is 871. The molecule has 5 saturated carbocycles. The summed E-state index contributed by atoms with van der Waals surface area (Å²) in [5, 5.41) is 10.5. The summed E-state index contributed by atoms with van der Waals surface area (Å²) in [6, 6.07) is -0.0207. The van der Waals surface area contributed by atoms with Gasteiger partial charge in [-0.3, -0.25) is 9.98 Å². The van der Waals surface area contributed by atoms with Crippen molar-refractivity contribution in [2.75, 3.05) is 0 Å². The van der Waals surface area contributed by atoms with Gasteiger partial charge in [0, 0.05) is 35.1 Å². The van der Waals surface area contributed by atoms with E-state index >= 15 is 0 Å². The first-order valence-corrected chi connectivity index (χ1v) is 11.5. The van der Waals surface area contributed by atoms with Crippen LogP contribution in [0.15, 0.2) is 32.9 Å². The highest BCUT2D eigenvalue weighted by atomic mass is 19.3. The van der Waals surface area contributed by atoms with E-state index < -0.39 is 17.8 Å². The van der Waals surface area contributed by atoms with Crippen LogP contribution < -0.4 is 0 Å². The molecule has 7 rings (SSSR count). The number of aliphatic hydroxyl groups excluding tert-OH is 1. The molecule has 7 atom stereocenters. The van der Waals surface area contributed by atoms with Gasteiger partial charge < -0.3 is 5.11 Å². The summed E-state index contributed by atoms with van der Waals surface area (Å²) in [5.41, 5.74) is 5.74. The molecule has 2 bridgehead atoms. The Kier molecular flexibility index (Phi) is 3.86. The van der Waals surface area contributed by atoms with Crippen molar-refractivity contribution in [2.45, 2.75) is 76.9 Å². The second-order valence-electron chi connectivity index (χ2n) is 10.5. The largest absolute Gasteiger partial charge is 0.393 e. The van der Waals surface area contributed by atoms with Crippen LogP contribution in [0.25, 0.3) is 0 Å². The number of halogens is 2. The molecule has 0 aromatic heterocycles. The highest BCUT2D eigenvalue weighted by Crippen LogP contribution is 2.66. The fraction of sp³-hybridized carbons (Fsp3) is 0.750. The maximum absolute atomic E-state index is 13.7. The molecule has 0 aromatic carbocycles. The zero-order valence-electron chi connectivity index (χ0n) is 17.2. The first-order valence-electron chi connectivity index (χ1n) is 11.5. The molecule has 0 radical (unpaired) electrons. The van der Waals surface area contributed by atoms with E-state index in [4.69, 9.17) is 9.98 Å². The average molecular weight is 401 g/mol. The molecule has 29 heavy (non-hydrogen) atoms. The SMILES string of the molecule is CC1=C(C)C2=CC(C3CC4C(C3)C4(F)F)=NC2C(C2CC3CCCC2CC3O)=N1. The van der Waals surface area contributed by atoms with Crippen molar-refractivity contribution in [1.29, 1.82) is 0 Å². The van der Waals surface area contributed by atoms with E-state index in [0.717, 1.165) is 30.7 Å². The quantitative estimate of drug-likeness (QED) is 0.699. The van der Waals surface area contributed by atoms with Gasteiger partial charge in [-0.05, 0) is 81.4 Å². The van der Waals surface area contributed by atoms with Crippen LogP contribution in [0.5, 0.6) is 0 Å². The Balaban J connectivity index is 1.31. The molecule has 5 fully saturated rings. The first-order chi connectivity index (χ1) is 13.8. The molecule has 7 unspecified atom stereocenters. The normalized spacial score (nSPS) is 47.3. The fourth-order valence-corrected chi connectivity index (χ4v) is 7.12. The summed E-state index contributed by atoms with van der Waals surface area (Å²) in [4.78, 5) is 10.2. The van der Waals surface area contributed by atoms with Gasteiger partial charge in [0.1, 0.15) is 6.04 Å². The predicted octanol–water partition coefficient (Wildman–Crippen LogP) is 4.96. The van der Waals surface area contributed by atoms with Gasteiger partial charge in [0.05, 0.1) is 11.8 Å². The van der Waals surface area contributed by atoms with E-state index in [-0.39, 0.29) is 18.1 Å². The summed E-state index contributed by atoms with van der Waals surface area (Å²) in [6.45, 7) is 4.20. The third-order valence-corrected chi connectivity index (χ3v) is 9.03. The molecule has 0 spiro atoms. The summed E-state index contributed by atoms with van der Waals surface area (Å²) in [6.07, 6.45) is 8.61. The molecule has 2 heterocycles. The topological polar surface area (TPSA) is 45.0 Å². The minimum atomic E-state index is -2.42. The van der Waals surface area contributed by atoms with Crippen molar-refractivity contribution in [1.82, 2.24) is 0 Å². The Morgan fingerprint density at radius 2 is 1.76 bits per heavy atom. The molecule has 156 valence electrons. The third kappa shape index (κ3) is 2.62. The molecule has 7 aliphatic rings. The highest BCUT2D eigenvalue weighted by molar-refractivity contribution is 6.08. The van der Waals surface area contributed by atoms with Crippen molar-refractivity contribution in [3.63, 3.8) is 0 Å². The van der Waals surface area contributed by atoms with Crippen LogP contribution in [0.3, 0.4) is 0 Å². The van der Waals surface area contributed by atoms with Gasteiger partial charge >= 0.3 is 0 Å². The molecular formula is C24H30F2N2O. The van der Waals surface area contributed by atoms with E-state index in [1.54, 1.807) is 0 Å². The van der Waals surface area contributed by atoms with E-state index in [2.05, 4.69) is 19.9 Å². The lowest BCUT2D eigenvalue weighted by Crippen LogP contribution is -2.41. The Morgan fingerprint density at radius 3 is 2.52 bits per heavy atom. The van der Waals surface area contributed by atoms with E-state index in [1.165, 1.54) is 29.7 Å². The van der Waals surface area contributed by atoms with Crippen LogP contribution in [0.2, 0.25) is 0 Å². The zero-order valence-corrected chi connectivity index (χ0v) is 17.2. The van der Waals surface area contributed by atoms with Crippen LogP contribution in [-0.4, -0.2) is 34.6 Å². The zero-order chi connectivity index (χ0) is 20.1. The van der Waals surface area contributed by atoms with Crippen molar-refractivity contribution < 1.29 is 13.9 Å². The van der Waals surface area contributed by atoms with Gasteiger partial charge in [-0.1, -0.05) is 6.42 Å². The Hall–Kier alpha value is -1.36. The third-order valence-electron chi connectivity index (χ3n) is 9.03. The van der Waals surface area contributed by atoms with E-state index in [9.17, 15) is 13.9 Å². The summed E-state index contributed by atoms with van der Waals surface area (Å²) < 4.78 is 27.3. The lowest BCUT2D eigenvalue weighted by Gasteiger charge is -2.39. The number of aliphatic hydroxyl groups is 1. The minimum Gasteiger partial charge on any atom is -0.393 e. The van der Waals surface area contributed by atoms with Crippen LogP contribution in [-0.2, 0) is 0 Å². The number of aliphatic imine (C=N–C) groups is 2. The molecule has 2 aliphatic heterocycles. The molecule has 5 heteroatoms. The maximum Gasteiger partial charge on any atom is 0.254 e. The van der Waals surface area contributed by atoms with E-state index in [1.807, 2.05) is 0 Å². The molecule has 0 saturated heterocycles. The molecule has 1 N–H and O–H groups in total. The number of hydrogen-bond donors (Lipinski definition) is 1. The van der Waals surface area contributed by atoms with Crippen molar-refractivity contribution in [3.8, 4) is 0 Å². The van der Waals surface area contributed by atoms with Gasteiger partial charge in [-0.2, -0.15) is 0 Å². The molecular weight excluding hydrogens is 370 g/mol. The number of fused-ring (bicyclic) bond motifs is 6. The highest BCUT2D eigenvalue weighted by Gasteiger charge is 2.71. The van der Waals surface area contributed by atoms with Crippen molar-refractivity contribution in [3.05, 3.63) is 22.9 Å². The summed E-state index contributed by atoms with van der Waals surface area (Å²) in [5.74, 6) is -1.79. The molecule has 0 aromatic rings. The van der Waals surface area contributed by atoms with Gasteiger partial charge in [0.2, 0.25) is 0 Å². The number of allylic oxidation sites excluding steroid dienone is 2. The lowest BCUT2D eigenvalue weighted by atomic mass is 9.69. The number of hydrogen-bond acceptors (Lipinski definition) is 3. The summed E-state index contributed by atoms with van der Waals surface area (Å²) >= 11 is 0. The fourth-order valence-electron chi connectivity index (χ4n) is 7.12. The first kappa shape index (κ1) is 18.4. The second kappa shape index (κ2) is 6.09. The molecule has 5 aliphatic carbocycles. The number of nitrogens with zero attached hydrogens (tertiary/aromatic N) is 2. The van der Waals surface area contributed by atoms with E-state index in [0.29, 0.717) is 30.6 Å². The average Bonchev–Trinajstić information content (AvgIpc) is 3.02. The van der Waals surface area contributed by atoms with Crippen molar-refractivity contribution in [2.24, 2.45) is 45.5 Å². The minimum absolute atomic E-state index is 0.0207.